The van der Waals surface area contributed by atoms with E-state index in [2.05, 4.69) is 21.9 Å². The first-order valence-electron chi connectivity index (χ1n) is 18.7. The second kappa shape index (κ2) is 24.6. The molecule has 0 saturated carbocycles. The van der Waals surface area contributed by atoms with E-state index in [4.69, 9.17) is 20.9 Å². The standard InChI is InChI=1S/C36H66N6O5/c1-4-6-7-8-9-10-11-12-13-14-15-16-17-18-19-20-21-22-30(43)47-26-29(23-24-46-35(45)31(37)28(3)5-2)25-42-27-39-32-33(42)40-36(38)41-34(32)44/h27-31,43H,4-26,37H2,1-3H3,(H3,38,40,41,44)/t28-,29?,30+,31-/m0/s1. The number of anilines is 1. The van der Waals surface area contributed by atoms with Gasteiger partial charge in [0.2, 0.25) is 5.95 Å². The summed E-state index contributed by atoms with van der Waals surface area (Å²) in [7, 11) is 0. The molecule has 270 valence electrons. The largest absolute Gasteiger partial charge is 0.465 e. The molecule has 1 unspecified atom stereocenters. The summed E-state index contributed by atoms with van der Waals surface area (Å²) in [4.78, 5) is 35.5. The van der Waals surface area contributed by atoms with Crippen LogP contribution in [0.15, 0.2) is 11.1 Å². The van der Waals surface area contributed by atoms with Gasteiger partial charge in [-0.25, -0.2) is 4.98 Å². The molecule has 0 aliphatic heterocycles. The molecule has 2 heterocycles. The third-order valence-corrected chi connectivity index (χ3v) is 9.33. The minimum absolute atomic E-state index is 0.00881. The lowest BCUT2D eigenvalue weighted by Crippen LogP contribution is -2.38. The van der Waals surface area contributed by atoms with Gasteiger partial charge in [-0.15, -0.1) is 0 Å². The van der Waals surface area contributed by atoms with Crippen molar-refractivity contribution in [3.05, 3.63) is 16.7 Å². The van der Waals surface area contributed by atoms with Crippen molar-refractivity contribution in [1.82, 2.24) is 19.5 Å². The smallest absolute Gasteiger partial charge is 0.323 e. The van der Waals surface area contributed by atoms with Gasteiger partial charge in [0.1, 0.15) is 6.04 Å². The first-order chi connectivity index (χ1) is 22.8. The van der Waals surface area contributed by atoms with E-state index in [9.17, 15) is 14.7 Å². The molecule has 0 aliphatic rings. The highest BCUT2D eigenvalue weighted by Crippen LogP contribution is 2.18. The average Bonchev–Trinajstić information content (AvgIpc) is 3.46. The normalized spacial score (nSPS) is 14.3. The highest BCUT2D eigenvalue weighted by atomic mass is 16.6. The minimum atomic E-state index is -0.869. The second-order valence-electron chi connectivity index (χ2n) is 13.5. The van der Waals surface area contributed by atoms with Crippen LogP contribution in [0.2, 0.25) is 0 Å². The van der Waals surface area contributed by atoms with E-state index in [-0.39, 0.29) is 36.5 Å². The molecule has 0 aliphatic carbocycles. The van der Waals surface area contributed by atoms with Gasteiger partial charge in [-0.1, -0.05) is 130 Å². The molecule has 11 nitrogen and oxygen atoms in total. The molecule has 0 aromatic carbocycles. The Labute approximate surface area is 283 Å². The summed E-state index contributed by atoms with van der Waals surface area (Å²) in [5.74, 6) is -0.535. The van der Waals surface area contributed by atoms with E-state index in [0.29, 0.717) is 25.0 Å². The minimum Gasteiger partial charge on any atom is -0.465 e. The lowest BCUT2D eigenvalue weighted by atomic mass is 10.0. The summed E-state index contributed by atoms with van der Waals surface area (Å²) in [5, 5.41) is 10.6. The number of hydrogen-bond acceptors (Lipinski definition) is 9. The van der Waals surface area contributed by atoms with Gasteiger partial charge in [0.05, 0.1) is 19.5 Å². The number of fused-ring (bicyclic) bond motifs is 1. The molecule has 0 amide bonds. The van der Waals surface area contributed by atoms with Crippen molar-refractivity contribution in [2.24, 2.45) is 17.6 Å². The van der Waals surface area contributed by atoms with Crippen molar-refractivity contribution >= 4 is 23.1 Å². The maximum atomic E-state index is 12.4. The van der Waals surface area contributed by atoms with Crippen molar-refractivity contribution in [2.45, 2.75) is 168 Å². The van der Waals surface area contributed by atoms with E-state index in [0.717, 1.165) is 19.3 Å². The van der Waals surface area contributed by atoms with E-state index >= 15 is 0 Å². The van der Waals surface area contributed by atoms with Crippen LogP contribution in [0.25, 0.3) is 11.2 Å². The zero-order valence-corrected chi connectivity index (χ0v) is 29.7. The van der Waals surface area contributed by atoms with E-state index in [1.165, 1.54) is 103 Å². The van der Waals surface area contributed by atoms with Crippen LogP contribution >= 0.6 is 0 Å². The molecule has 47 heavy (non-hydrogen) atoms. The number of nitrogen functional groups attached to an aromatic ring is 1. The third kappa shape index (κ3) is 16.9. The SMILES string of the molecule is CCCCCCCCCCCCCCCCCCC[C@H](O)OCC(CCOC(=O)[C@@H](N)[C@@H](C)CC)Cn1cnc2c(=O)[nH]c(N)nc21. The van der Waals surface area contributed by atoms with E-state index in [1.54, 1.807) is 4.57 Å². The Morgan fingerprint density at radius 2 is 1.47 bits per heavy atom. The van der Waals surface area contributed by atoms with Crippen molar-refractivity contribution in [1.29, 1.82) is 0 Å². The number of nitrogens with two attached hydrogens (primary N) is 2. The van der Waals surface area contributed by atoms with Gasteiger partial charge < -0.3 is 30.6 Å². The Bertz CT molecular complexity index is 1150. The van der Waals surface area contributed by atoms with Crippen LogP contribution in [-0.4, -0.2) is 56.1 Å². The van der Waals surface area contributed by atoms with Gasteiger partial charge >= 0.3 is 5.97 Å². The predicted molar refractivity (Wildman–Crippen MR) is 190 cm³/mol. The maximum absolute atomic E-state index is 12.4. The van der Waals surface area contributed by atoms with Crippen LogP contribution in [-0.2, 0) is 20.8 Å². The van der Waals surface area contributed by atoms with Crippen LogP contribution < -0.4 is 17.0 Å². The number of nitrogens with zero attached hydrogens (tertiary/aromatic N) is 3. The molecule has 2 aromatic heterocycles. The zero-order chi connectivity index (χ0) is 34.3. The number of imidazole rings is 1. The molecule has 0 spiro atoms. The molecule has 2 rings (SSSR count). The van der Waals surface area contributed by atoms with Crippen molar-refractivity contribution in [2.75, 3.05) is 18.9 Å². The van der Waals surface area contributed by atoms with E-state index in [1.807, 2.05) is 13.8 Å². The number of nitrogens with one attached hydrogen (secondary N) is 1. The molecule has 0 fully saturated rings. The number of carbonyl (C=O) groups excluding carboxylic acids is 1. The monoisotopic (exact) mass is 663 g/mol. The van der Waals surface area contributed by atoms with Gasteiger partial charge in [-0.05, 0) is 25.2 Å². The summed E-state index contributed by atoms with van der Waals surface area (Å²) in [6, 6.07) is -0.669. The number of unbranched alkanes of at least 4 members (excludes halogenated alkanes) is 16. The fourth-order valence-corrected chi connectivity index (χ4v) is 5.89. The van der Waals surface area contributed by atoms with Crippen molar-refractivity contribution in [3.8, 4) is 0 Å². The number of aromatic amines is 1. The molecule has 0 bridgehead atoms. The lowest BCUT2D eigenvalue weighted by molar-refractivity contribution is -0.148. The second-order valence-corrected chi connectivity index (χ2v) is 13.5. The summed E-state index contributed by atoms with van der Waals surface area (Å²) in [5.41, 5.74) is 11.9. The van der Waals surface area contributed by atoms with Crippen LogP contribution in [0.4, 0.5) is 5.95 Å². The Hall–Kier alpha value is -2.50. The number of esters is 1. The average molecular weight is 663 g/mol. The number of aromatic nitrogens is 4. The predicted octanol–water partition coefficient (Wildman–Crippen LogP) is 7.00. The van der Waals surface area contributed by atoms with Gasteiger partial charge in [-0.2, -0.15) is 4.98 Å². The summed E-state index contributed by atoms with van der Waals surface area (Å²) in [6.45, 7) is 6.98. The highest BCUT2D eigenvalue weighted by molar-refractivity contribution is 5.75. The fourth-order valence-electron chi connectivity index (χ4n) is 5.89. The summed E-state index contributed by atoms with van der Waals surface area (Å²) >= 11 is 0. The van der Waals surface area contributed by atoms with Crippen molar-refractivity contribution < 1.29 is 19.4 Å². The molecule has 0 radical (unpaired) electrons. The fraction of sp³-hybridized carbons (Fsp3) is 0.833. The summed E-state index contributed by atoms with van der Waals surface area (Å²) < 4.78 is 13.1. The summed E-state index contributed by atoms with van der Waals surface area (Å²) in [6.07, 6.45) is 24.8. The highest BCUT2D eigenvalue weighted by Gasteiger charge is 2.22. The first kappa shape index (κ1) is 40.7. The molecule has 2 aromatic rings. The number of carbonyl (C=O) groups is 1. The van der Waals surface area contributed by atoms with Gasteiger partial charge in [0.25, 0.3) is 5.56 Å². The number of rotatable bonds is 29. The van der Waals surface area contributed by atoms with Crippen molar-refractivity contribution in [3.63, 3.8) is 0 Å². The van der Waals surface area contributed by atoms with Crippen LogP contribution in [0.5, 0.6) is 0 Å². The first-order valence-corrected chi connectivity index (χ1v) is 18.7. The Balaban J connectivity index is 1.65. The molecule has 0 saturated heterocycles. The molecular weight excluding hydrogens is 596 g/mol. The van der Waals surface area contributed by atoms with Crippen LogP contribution in [0.1, 0.15) is 149 Å². The van der Waals surface area contributed by atoms with Gasteiger partial charge in [-0.3, -0.25) is 14.6 Å². The number of hydrogen-bond donors (Lipinski definition) is 4. The Kier molecular flexibility index (Phi) is 21.3. The number of aliphatic hydroxyl groups is 1. The Morgan fingerprint density at radius 3 is 2.02 bits per heavy atom. The van der Waals surface area contributed by atoms with E-state index < -0.39 is 23.9 Å². The molecule has 4 atom stereocenters. The Morgan fingerprint density at radius 1 is 0.915 bits per heavy atom. The van der Waals surface area contributed by atoms with Crippen LogP contribution in [0.3, 0.4) is 0 Å². The van der Waals surface area contributed by atoms with Gasteiger partial charge in [0.15, 0.2) is 17.5 Å². The maximum Gasteiger partial charge on any atom is 0.323 e. The van der Waals surface area contributed by atoms with Gasteiger partial charge in [0, 0.05) is 12.5 Å². The number of H-pyrrole nitrogens is 1. The zero-order valence-electron chi connectivity index (χ0n) is 29.7. The number of aliphatic hydroxyl groups excluding tert-OH is 1. The lowest BCUT2D eigenvalue weighted by Gasteiger charge is -2.21. The molecule has 11 heteroatoms. The molecular formula is C36H66N6O5. The molecule has 6 N–H and O–H groups in total. The quantitative estimate of drug-likeness (QED) is 0.0406. The topological polar surface area (TPSA) is 171 Å². The number of ether oxygens (including phenoxy) is 2. The van der Waals surface area contributed by atoms with Crippen LogP contribution in [0, 0.1) is 11.8 Å². The third-order valence-electron chi connectivity index (χ3n) is 9.33.